The fraction of sp³-hybridized carbons (Fsp3) is 0.667. The molecule has 2 atom stereocenters. The maximum Gasteiger partial charge on any atom is 0.0288 e. The van der Waals surface area contributed by atoms with Gasteiger partial charge in [0, 0.05) is 6.04 Å². The average molecular weight is 97.2 g/mol. The van der Waals surface area contributed by atoms with Crippen molar-refractivity contribution in [2.45, 2.75) is 19.9 Å². The van der Waals surface area contributed by atoms with Crippen LogP contribution in [-0.4, -0.2) is 6.04 Å². The van der Waals surface area contributed by atoms with Crippen LogP contribution in [0.2, 0.25) is 0 Å². The van der Waals surface area contributed by atoms with E-state index in [1.807, 2.05) is 6.20 Å². The van der Waals surface area contributed by atoms with Crippen molar-refractivity contribution in [2.24, 2.45) is 5.92 Å². The first-order valence-corrected chi connectivity index (χ1v) is 2.73. The summed E-state index contributed by atoms with van der Waals surface area (Å²) in [5, 5.41) is 3.19. The van der Waals surface area contributed by atoms with E-state index >= 15 is 0 Å². The summed E-state index contributed by atoms with van der Waals surface area (Å²) < 4.78 is 0. The third kappa shape index (κ3) is 0.763. The molecular weight excluding hydrogens is 86.1 g/mol. The Morgan fingerprint density at radius 1 is 1.43 bits per heavy atom. The van der Waals surface area contributed by atoms with Gasteiger partial charge in [-0.05, 0) is 19.0 Å². The molecule has 0 radical (unpaired) electrons. The van der Waals surface area contributed by atoms with Crippen molar-refractivity contribution in [1.82, 2.24) is 5.32 Å². The van der Waals surface area contributed by atoms with Crippen LogP contribution in [0.4, 0.5) is 0 Å². The Labute approximate surface area is 44.4 Å². The molecule has 0 fully saturated rings. The Morgan fingerprint density at radius 2 is 2.14 bits per heavy atom. The van der Waals surface area contributed by atoms with Gasteiger partial charge in [-0.25, -0.2) is 0 Å². The predicted molar refractivity (Wildman–Crippen MR) is 30.9 cm³/mol. The van der Waals surface area contributed by atoms with Gasteiger partial charge in [-0.3, -0.25) is 0 Å². The van der Waals surface area contributed by atoms with Gasteiger partial charge in [0.25, 0.3) is 0 Å². The highest BCUT2D eigenvalue weighted by molar-refractivity contribution is 4.98. The zero-order valence-electron chi connectivity index (χ0n) is 4.81. The molecule has 1 rings (SSSR count). The summed E-state index contributed by atoms with van der Waals surface area (Å²) in [6.07, 6.45) is 4.21. The maximum absolute atomic E-state index is 3.19. The number of nitrogens with one attached hydrogen (secondary N) is 1. The predicted octanol–water partition coefficient (Wildman–Crippen LogP) is 1.13. The number of hydrogen-bond acceptors (Lipinski definition) is 1. The zero-order valence-corrected chi connectivity index (χ0v) is 4.81. The smallest absolute Gasteiger partial charge is 0.0288 e. The van der Waals surface area contributed by atoms with Crippen molar-refractivity contribution in [2.75, 3.05) is 0 Å². The van der Waals surface area contributed by atoms with E-state index in [0.717, 1.165) is 5.92 Å². The molecule has 0 amide bonds. The van der Waals surface area contributed by atoms with Gasteiger partial charge in [0.2, 0.25) is 0 Å². The molecule has 1 heteroatoms. The van der Waals surface area contributed by atoms with Crippen LogP contribution < -0.4 is 5.32 Å². The first-order valence-electron chi connectivity index (χ1n) is 2.73. The number of hydrogen-bond donors (Lipinski definition) is 1. The van der Waals surface area contributed by atoms with Crippen LogP contribution in [-0.2, 0) is 0 Å². The summed E-state index contributed by atoms with van der Waals surface area (Å²) in [5.74, 6) is 0.722. The van der Waals surface area contributed by atoms with Gasteiger partial charge in [0.15, 0.2) is 0 Å². The minimum atomic E-state index is 0.653. The standard InChI is InChI=1S/C6H11N/c1-5-3-4-7-6(5)2/h3-7H,1-2H3/t5?,6-/m0/s1. The second-order valence-electron chi connectivity index (χ2n) is 2.17. The van der Waals surface area contributed by atoms with Gasteiger partial charge in [-0.15, -0.1) is 0 Å². The van der Waals surface area contributed by atoms with Crippen LogP contribution in [0.15, 0.2) is 12.3 Å². The molecule has 0 aromatic heterocycles. The number of rotatable bonds is 0. The highest BCUT2D eigenvalue weighted by Crippen LogP contribution is 2.08. The first-order chi connectivity index (χ1) is 3.30. The van der Waals surface area contributed by atoms with E-state index in [2.05, 4.69) is 25.2 Å². The largest absolute Gasteiger partial charge is 0.388 e. The molecule has 40 valence electrons. The SMILES string of the molecule is CC1C=CN[C@H]1C. The van der Waals surface area contributed by atoms with E-state index in [1.54, 1.807) is 0 Å². The molecule has 0 aliphatic carbocycles. The van der Waals surface area contributed by atoms with Crippen molar-refractivity contribution >= 4 is 0 Å². The maximum atomic E-state index is 3.19. The lowest BCUT2D eigenvalue weighted by Gasteiger charge is -2.06. The molecule has 1 aliphatic heterocycles. The summed E-state index contributed by atoms with van der Waals surface area (Å²) in [6.45, 7) is 4.39. The van der Waals surface area contributed by atoms with Crippen molar-refractivity contribution < 1.29 is 0 Å². The van der Waals surface area contributed by atoms with Crippen molar-refractivity contribution in [1.29, 1.82) is 0 Å². The van der Waals surface area contributed by atoms with Crippen molar-refractivity contribution in [3.05, 3.63) is 12.3 Å². The van der Waals surface area contributed by atoms with E-state index < -0.39 is 0 Å². The molecule has 1 aliphatic rings. The van der Waals surface area contributed by atoms with E-state index in [1.165, 1.54) is 0 Å². The Balaban J connectivity index is 2.45. The Morgan fingerprint density at radius 3 is 2.29 bits per heavy atom. The highest BCUT2D eigenvalue weighted by Gasteiger charge is 2.10. The van der Waals surface area contributed by atoms with Crippen LogP contribution in [0.5, 0.6) is 0 Å². The van der Waals surface area contributed by atoms with Gasteiger partial charge >= 0.3 is 0 Å². The average Bonchev–Trinajstić information content (AvgIpc) is 1.91. The van der Waals surface area contributed by atoms with Crippen LogP contribution in [0, 0.1) is 5.92 Å². The molecule has 0 aromatic rings. The van der Waals surface area contributed by atoms with Crippen LogP contribution in [0.3, 0.4) is 0 Å². The summed E-state index contributed by atoms with van der Waals surface area (Å²) in [7, 11) is 0. The Bertz CT molecular complexity index is 86.2. The van der Waals surface area contributed by atoms with Gasteiger partial charge in [-0.2, -0.15) is 0 Å². The molecule has 0 aromatic carbocycles. The Kier molecular flexibility index (Phi) is 1.05. The minimum absolute atomic E-state index is 0.653. The summed E-state index contributed by atoms with van der Waals surface area (Å²) in [6, 6.07) is 0.653. The normalized spacial score (nSPS) is 38.6. The van der Waals surface area contributed by atoms with E-state index in [-0.39, 0.29) is 0 Å². The van der Waals surface area contributed by atoms with Crippen LogP contribution in [0.25, 0.3) is 0 Å². The van der Waals surface area contributed by atoms with Crippen molar-refractivity contribution in [3.8, 4) is 0 Å². The summed E-state index contributed by atoms with van der Waals surface area (Å²) in [4.78, 5) is 0. The molecule has 0 saturated carbocycles. The third-order valence-corrected chi connectivity index (χ3v) is 1.55. The third-order valence-electron chi connectivity index (χ3n) is 1.55. The monoisotopic (exact) mass is 97.1 g/mol. The Hall–Kier alpha value is -0.460. The van der Waals surface area contributed by atoms with Crippen LogP contribution in [0.1, 0.15) is 13.8 Å². The second kappa shape index (κ2) is 1.57. The molecule has 0 spiro atoms. The lowest BCUT2D eigenvalue weighted by Crippen LogP contribution is -2.19. The van der Waals surface area contributed by atoms with Crippen LogP contribution >= 0.6 is 0 Å². The first kappa shape index (κ1) is 4.69. The van der Waals surface area contributed by atoms with E-state index in [4.69, 9.17) is 0 Å². The van der Waals surface area contributed by atoms with Gasteiger partial charge in [-0.1, -0.05) is 13.0 Å². The quantitative estimate of drug-likeness (QED) is 0.477. The summed E-state index contributed by atoms with van der Waals surface area (Å²) >= 11 is 0. The molecule has 0 saturated heterocycles. The lowest BCUT2D eigenvalue weighted by atomic mass is 10.1. The molecule has 0 bridgehead atoms. The van der Waals surface area contributed by atoms with E-state index in [9.17, 15) is 0 Å². The van der Waals surface area contributed by atoms with Crippen molar-refractivity contribution in [3.63, 3.8) is 0 Å². The molecular formula is C6H11N. The minimum Gasteiger partial charge on any atom is -0.388 e. The fourth-order valence-electron chi connectivity index (χ4n) is 0.678. The fourth-order valence-corrected chi connectivity index (χ4v) is 0.678. The zero-order chi connectivity index (χ0) is 5.28. The second-order valence-corrected chi connectivity index (χ2v) is 2.17. The molecule has 1 unspecified atom stereocenters. The van der Waals surface area contributed by atoms with Gasteiger partial charge < -0.3 is 5.32 Å². The molecule has 7 heavy (non-hydrogen) atoms. The van der Waals surface area contributed by atoms with Gasteiger partial charge in [0.05, 0.1) is 0 Å². The lowest BCUT2D eigenvalue weighted by molar-refractivity contribution is 0.556. The molecule has 1 N–H and O–H groups in total. The van der Waals surface area contributed by atoms with Gasteiger partial charge in [0.1, 0.15) is 0 Å². The molecule has 1 nitrogen and oxygen atoms in total. The van der Waals surface area contributed by atoms with E-state index in [0.29, 0.717) is 6.04 Å². The molecule has 1 heterocycles. The summed E-state index contributed by atoms with van der Waals surface area (Å²) in [5.41, 5.74) is 0. The topological polar surface area (TPSA) is 12.0 Å². The highest BCUT2D eigenvalue weighted by atomic mass is 14.9.